The van der Waals surface area contributed by atoms with Crippen molar-refractivity contribution in [3.63, 3.8) is 0 Å². The lowest BCUT2D eigenvalue weighted by atomic mass is 10.2. The molecule has 90 valence electrons. The molecule has 3 nitrogen and oxygen atoms in total. The highest BCUT2D eigenvalue weighted by atomic mass is 32.1. The minimum Gasteiger partial charge on any atom is -0.227 e. The summed E-state index contributed by atoms with van der Waals surface area (Å²) in [7, 11) is 0. The fourth-order valence-corrected chi connectivity index (χ4v) is 2.50. The fourth-order valence-electron chi connectivity index (χ4n) is 1.69. The minimum absolute atomic E-state index is 0.650. The first-order valence-electron chi connectivity index (χ1n) is 5.75. The van der Waals surface area contributed by atoms with Crippen molar-refractivity contribution in [3.05, 3.63) is 59.7 Å². The Hall–Kier alpha value is -2.51. The van der Waals surface area contributed by atoms with Gasteiger partial charge in [-0.3, -0.25) is 0 Å². The molecule has 0 spiro atoms. The van der Waals surface area contributed by atoms with Crippen molar-refractivity contribution in [1.82, 2.24) is 4.98 Å². The average Bonchev–Trinajstić information content (AvgIpc) is 2.88. The van der Waals surface area contributed by atoms with Crippen LogP contribution in [0.2, 0.25) is 0 Å². The van der Waals surface area contributed by atoms with Gasteiger partial charge in [0, 0.05) is 6.21 Å². The Morgan fingerprint density at radius 2 is 1.89 bits per heavy atom. The van der Waals surface area contributed by atoms with Crippen molar-refractivity contribution in [3.8, 4) is 6.07 Å². The smallest absolute Gasteiger partial charge is 0.210 e. The van der Waals surface area contributed by atoms with Crippen LogP contribution < -0.4 is 0 Å². The second-order valence-electron chi connectivity index (χ2n) is 3.96. The van der Waals surface area contributed by atoms with Crippen molar-refractivity contribution in [2.24, 2.45) is 4.99 Å². The molecule has 0 fully saturated rings. The SMILES string of the molecule is N#Cc1ccc(/C=N/c2nc3ccccc3s2)cc1. The molecule has 0 unspecified atom stereocenters. The van der Waals surface area contributed by atoms with E-state index in [4.69, 9.17) is 5.26 Å². The second-order valence-corrected chi connectivity index (χ2v) is 4.97. The van der Waals surface area contributed by atoms with E-state index in [-0.39, 0.29) is 0 Å². The number of aromatic nitrogens is 1. The van der Waals surface area contributed by atoms with Crippen molar-refractivity contribution in [1.29, 1.82) is 5.26 Å². The lowest BCUT2D eigenvalue weighted by Gasteiger charge is -1.91. The zero-order valence-corrected chi connectivity index (χ0v) is 10.8. The van der Waals surface area contributed by atoms with Crippen LogP contribution in [-0.4, -0.2) is 11.2 Å². The number of nitrogens with zero attached hydrogens (tertiary/aromatic N) is 3. The molecular weight excluding hydrogens is 254 g/mol. The summed E-state index contributed by atoms with van der Waals surface area (Å²) in [6.45, 7) is 0. The molecule has 3 rings (SSSR count). The number of nitriles is 1. The normalized spacial score (nSPS) is 10.9. The molecule has 0 aliphatic carbocycles. The molecule has 0 aliphatic heterocycles. The van der Waals surface area contributed by atoms with Crippen LogP contribution in [-0.2, 0) is 0 Å². The summed E-state index contributed by atoms with van der Waals surface area (Å²) in [6, 6.07) is 17.4. The van der Waals surface area contributed by atoms with Crippen LogP contribution in [0.4, 0.5) is 5.13 Å². The monoisotopic (exact) mass is 263 g/mol. The molecular formula is C15H9N3S. The van der Waals surface area contributed by atoms with Crippen molar-refractivity contribution in [2.45, 2.75) is 0 Å². The molecule has 4 heteroatoms. The van der Waals surface area contributed by atoms with Crippen LogP contribution in [0.1, 0.15) is 11.1 Å². The maximum Gasteiger partial charge on any atom is 0.210 e. The molecule has 1 aromatic heterocycles. The molecule has 1 heterocycles. The predicted molar refractivity (Wildman–Crippen MR) is 78.0 cm³/mol. The number of benzene rings is 2. The standard InChI is InChI=1S/C15H9N3S/c16-9-11-5-7-12(8-6-11)10-17-15-18-13-3-1-2-4-14(13)19-15/h1-8,10H/b17-10+. The van der Waals surface area contributed by atoms with E-state index in [1.54, 1.807) is 29.7 Å². The van der Waals surface area contributed by atoms with Gasteiger partial charge < -0.3 is 0 Å². The van der Waals surface area contributed by atoms with Gasteiger partial charge in [-0.15, -0.1) is 0 Å². The predicted octanol–water partition coefficient (Wildman–Crippen LogP) is 3.92. The highest BCUT2D eigenvalue weighted by molar-refractivity contribution is 7.22. The Labute approximate surface area is 114 Å². The molecule has 0 radical (unpaired) electrons. The lowest BCUT2D eigenvalue weighted by molar-refractivity contribution is 1.41. The molecule has 2 aromatic carbocycles. The third kappa shape index (κ3) is 2.51. The van der Waals surface area contributed by atoms with Crippen molar-refractivity contribution >= 4 is 32.9 Å². The first-order chi connectivity index (χ1) is 9.35. The van der Waals surface area contributed by atoms with Crippen LogP contribution in [0, 0.1) is 11.3 Å². The largest absolute Gasteiger partial charge is 0.227 e. The zero-order chi connectivity index (χ0) is 13.1. The highest BCUT2D eigenvalue weighted by Crippen LogP contribution is 2.27. The molecule has 0 saturated carbocycles. The van der Waals surface area contributed by atoms with Crippen LogP contribution in [0.3, 0.4) is 0 Å². The molecule has 0 bridgehead atoms. The Balaban J connectivity index is 1.87. The van der Waals surface area contributed by atoms with Gasteiger partial charge in [-0.2, -0.15) is 5.26 Å². The number of para-hydroxylation sites is 1. The van der Waals surface area contributed by atoms with E-state index in [1.165, 1.54) is 0 Å². The van der Waals surface area contributed by atoms with E-state index in [1.807, 2.05) is 36.4 Å². The fraction of sp³-hybridized carbons (Fsp3) is 0. The van der Waals surface area contributed by atoms with Gasteiger partial charge in [0.2, 0.25) is 5.13 Å². The van der Waals surface area contributed by atoms with E-state index < -0.39 is 0 Å². The van der Waals surface area contributed by atoms with Gasteiger partial charge in [0.25, 0.3) is 0 Å². The van der Waals surface area contributed by atoms with Gasteiger partial charge in [-0.05, 0) is 29.8 Å². The maximum absolute atomic E-state index is 8.73. The molecule has 3 aromatic rings. The Morgan fingerprint density at radius 1 is 1.11 bits per heavy atom. The van der Waals surface area contributed by atoms with Gasteiger partial charge in [0.05, 0.1) is 21.8 Å². The minimum atomic E-state index is 0.650. The van der Waals surface area contributed by atoms with Crippen molar-refractivity contribution < 1.29 is 0 Å². The van der Waals surface area contributed by atoms with E-state index >= 15 is 0 Å². The lowest BCUT2D eigenvalue weighted by Crippen LogP contribution is -1.80. The van der Waals surface area contributed by atoms with E-state index in [9.17, 15) is 0 Å². The van der Waals surface area contributed by atoms with Crippen LogP contribution in [0.15, 0.2) is 53.5 Å². The Kier molecular flexibility index (Phi) is 3.05. The Morgan fingerprint density at radius 3 is 2.63 bits per heavy atom. The first kappa shape index (κ1) is 11.6. The molecule has 0 amide bonds. The van der Waals surface area contributed by atoms with Crippen LogP contribution in [0.5, 0.6) is 0 Å². The van der Waals surface area contributed by atoms with Gasteiger partial charge in [0.1, 0.15) is 0 Å². The third-order valence-corrected chi connectivity index (χ3v) is 3.59. The average molecular weight is 263 g/mol. The van der Waals surface area contributed by atoms with E-state index in [0.717, 1.165) is 20.9 Å². The number of hydrogen-bond acceptors (Lipinski definition) is 4. The van der Waals surface area contributed by atoms with E-state index in [2.05, 4.69) is 16.0 Å². The summed E-state index contributed by atoms with van der Waals surface area (Å²) in [5.41, 5.74) is 2.58. The summed E-state index contributed by atoms with van der Waals surface area (Å²) in [4.78, 5) is 8.80. The first-order valence-corrected chi connectivity index (χ1v) is 6.56. The van der Waals surface area contributed by atoms with Crippen molar-refractivity contribution in [2.75, 3.05) is 0 Å². The van der Waals surface area contributed by atoms with Gasteiger partial charge in [-0.25, -0.2) is 9.98 Å². The summed E-state index contributed by atoms with van der Waals surface area (Å²) in [5, 5.41) is 9.47. The number of thiazole rings is 1. The summed E-state index contributed by atoms with van der Waals surface area (Å²) in [5.74, 6) is 0. The number of fused-ring (bicyclic) bond motifs is 1. The van der Waals surface area contributed by atoms with Crippen LogP contribution in [0.25, 0.3) is 10.2 Å². The molecule has 0 saturated heterocycles. The summed E-state index contributed by atoms with van der Waals surface area (Å²) in [6.07, 6.45) is 1.76. The number of hydrogen-bond donors (Lipinski definition) is 0. The topological polar surface area (TPSA) is 49.0 Å². The number of rotatable bonds is 2. The van der Waals surface area contributed by atoms with Gasteiger partial charge >= 0.3 is 0 Å². The summed E-state index contributed by atoms with van der Waals surface area (Å²) < 4.78 is 1.13. The molecule has 0 atom stereocenters. The maximum atomic E-state index is 8.73. The second kappa shape index (κ2) is 5.01. The third-order valence-electron chi connectivity index (χ3n) is 2.65. The number of aliphatic imine (C=N–C) groups is 1. The summed E-state index contributed by atoms with van der Waals surface area (Å²) >= 11 is 1.56. The Bertz CT molecular complexity index is 746. The zero-order valence-electron chi connectivity index (χ0n) is 9.95. The van der Waals surface area contributed by atoms with Gasteiger partial charge in [-0.1, -0.05) is 35.6 Å². The quantitative estimate of drug-likeness (QED) is 0.658. The van der Waals surface area contributed by atoms with Crippen LogP contribution >= 0.6 is 11.3 Å². The van der Waals surface area contributed by atoms with E-state index in [0.29, 0.717) is 5.56 Å². The van der Waals surface area contributed by atoms with Gasteiger partial charge in [0.15, 0.2) is 0 Å². The highest BCUT2D eigenvalue weighted by Gasteiger charge is 2.00. The molecule has 19 heavy (non-hydrogen) atoms. The molecule has 0 aliphatic rings. The molecule has 0 N–H and O–H groups in total.